The van der Waals surface area contributed by atoms with E-state index in [0.29, 0.717) is 0 Å². The first-order chi connectivity index (χ1) is 11.6. The summed E-state index contributed by atoms with van der Waals surface area (Å²) in [5.74, 6) is -12.0. The second kappa shape index (κ2) is 19.1. The first-order valence-electron chi connectivity index (χ1n) is 6.23. The molecule has 0 unspecified atom stereocenters. The van der Waals surface area contributed by atoms with Gasteiger partial charge in [-0.05, 0) is 0 Å². The van der Waals surface area contributed by atoms with E-state index in [1.54, 1.807) is 0 Å². The van der Waals surface area contributed by atoms with Crippen LogP contribution in [0.1, 0.15) is 25.7 Å². The molecule has 0 rings (SSSR count). The Bertz CT molecular complexity index is 530. The molecule has 0 aliphatic carbocycles. The number of quaternary nitrogens is 4. The van der Waals surface area contributed by atoms with Crippen LogP contribution in [0.5, 0.6) is 0 Å². The number of hydrogen-bond acceptors (Lipinski definition) is 14. The fourth-order valence-corrected chi connectivity index (χ4v) is 1.37. The standard InChI is InChI=1S/2C6H8O7.Mn.4H3N/c2*7-3(8)1-6(13,5(11)12)2-4(9)10;;;;;/h2*13H,1-2H2,(H,7,8)(H,9,10)(H,11,12);;4*1H3/q;;+2;;;;/p-2. The van der Waals surface area contributed by atoms with Crippen molar-refractivity contribution in [3.63, 3.8) is 0 Å². The minimum Gasteiger partial charge on any atom is -0.550 e. The Balaban J connectivity index is -0.0000000640. The molecule has 0 saturated carbocycles. The van der Waals surface area contributed by atoms with Crippen molar-refractivity contribution in [3.8, 4) is 0 Å². The molecule has 0 heterocycles. The second-order valence-corrected chi connectivity index (χ2v) is 4.83. The Kier molecular flexibility index (Phi) is 28.5. The van der Waals surface area contributed by atoms with Gasteiger partial charge < -0.3 is 94.2 Å². The van der Waals surface area contributed by atoms with E-state index in [9.17, 15) is 59.4 Å². The smallest absolute Gasteiger partial charge is 0.550 e. The Morgan fingerprint density at radius 3 is 0.677 bits per heavy atom. The molecule has 18 N–H and O–H groups in total. The predicted octanol–water partition coefficient (Wildman–Crippen LogP) is -9.00. The largest absolute Gasteiger partial charge is 2.00 e. The summed E-state index contributed by atoms with van der Waals surface area (Å²) in [5.41, 5.74) is -5.95. The third-order valence-electron chi connectivity index (χ3n) is 2.51. The third-order valence-corrected chi connectivity index (χ3v) is 2.51. The predicted molar refractivity (Wildman–Crippen MR) is 82.3 cm³/mol. The zero-order valence-electron chi connectivity index (χ0n) is 17.0. The molecule has 19 heteroatoms. The third kappa shape index (κ3) is 20.2. The van der Waals surface area contributed by atoms with E-state index in [-0.39, 0.29) is 41.7 Å². The van der Waals surface area contributed by atoms with E-state index in [2.05, 4.69) is 0 Å². The van der Waals surface area contributed by atoms with Crippen LogP contribution in [0.3, 0.4) is 0 Å². The molecule has 31 heavy (non-hydrogen) atoms. The molecule has 0 aromatic carbocycles. The number of carbonyl (C=O) groups excluding carboxylic acids is 6. The van der Waals surface area contributed by atoms with Gasteiger partial charge >= 0.3 is 17.1 Å². The van der Waals surface area contributed by atoms with E-state index >= 15 is 0 Å². The number of carboxylic acid groups (broad SMARTS) is 6. The fourth-order valence-electron chi connectivity index (χ4n) is 1.37. The Labute approximate surface area is 184 Å². The van der Waals surface area contributed by atoms with E-state index in [1.165, 1.54) is 0 Å². The summed E-state index contributed by atoms with van der Waals surface area (Å²) >= 11 is 0. The fraction of sp³-hybridized carbons (Fsp3) is 0.500. The van der Waals surface area contributed by atoms with Gasteiger partial charge in [0.1, 0.15) is 11.2 Å². The van der Waals surface area contributed by atoms with Crippen molar-refractivity contribution >= 4 is 35.8 Å². The quantitative estimate of drug-likeness (QED) is 0.150. The van der Waals surface area contributed by atoms with Crippen LogP contribution < -0.4 is 55.2 Å². The Morgan fingerprint density at radius 2 is 0.613 bits per heavy atom. The van der Waals surface area contributed by atoms with E-state index in [0.717, 1.165) is 0 Å². The van der Waals surface area contributed by atoms with Gasteiger partial charge in [0.05, 0.1) is 11.9 Å². The summed E-state index contributed by atoms with van der Waals surface area (Å²) in [7, 11) is 0. The van der Waals surface area contributed by atoms with E-state index < -0.39 is 72.7 Å². The number of hydrogen-bond donors (Lipinski definition) is 6. The molecule has 0 bridgehead atoms. The van der Waals surface area contributed by atoms with Crippen molar-refractivity contribution in [2.75, 3.05) is 0 Å². The molecule has 0 saturated heterocycles. The maximum atomic E-state index is 10.1. The van der Waals surface area contributed by atoms with Crippen molar-refractivity contribution < 1.29 is 86.7 Å². The molecular formula is C12H26MnN4O14. The first kappa shape index (κ1) is 46.4. The maximum absolute atomic E-state index is 10.1. The molecule has 0 aromatic rings. The van der Waals surface area contributed by atoms with Crippen molar-refractivity contribution in [2.24, 2.45) is 0 Å². The van der Waals surface area contributed by atoms with E-state index in [4.69, 9.17) is 10.2 Å². The minimum atomic E-state index is -2.97. The van der Waals surface area contributed by atoms with Crippen LogP contribution in [0, 0.1) is 0 Å². The number of carboxylic acids is 6. The van der Waals surface area contributed by atoms with Crippen molar-refractivity contribution in [2.45, 2.75) is 36.9 Å². The molecule has 0 atom stereocenters. The molecule has 0 spiro atoms. The van der Waals surface area contributed by atoms with Crippen LogP contribution in [0.4, 0.5) is 0 Å². The van der Waals surface area contributed by atoms with Crippen LogP contribution in [0.2, 0.25) is 0 Å². The van der Waals surface area contributed by atoms with Crippen molar-refractivity contribution in [3.05, 3.63) is 0 Å². The first-order valence-corrected chi connectivity index (χ1v) is 6.23. The van der Waals surface area contributed by atoms with Gasteiger partial charge in [-0.15, -0.1) is 0 Å². The number of aliphatic hydroxyl groups is 2. The normalized spacial score (nSPS) is 9.10. The average molecular weight is 505 g/mol. The summed E-state index contributed by atoms with van der Waals surface area (Å²) in [6.07, 6.45) is -5.43. The number of aliphatic carboxylic acids is 6. The Morgan fingerprint density at radius 1 is 0.484 bits per heavy atom. The maximum Gasteiger partial charge on any atom is 2.00 e. The summed E-state index contributed by atoms with van der Waals surface area (Å²) in [4.78, 5) is 60.0. The molecule has 1 radical (unpaired) electrons. The molecule has 0 aromatic heterocycles. The SMILES string of the molecule is O=C([O-])CC(O)(CC(=O)[O-])C(=O)[O-].O=C([O-])CC(O)(CC(=O)[O-])C(=O)[O-].[Mn+2].[NH4+].[NH4+].[NH4+].[NH4+]. The second-order valence-electron chi connectivity index (χ2n) is 4.83. The summed E-state index contributed by atoms with van der Waals surface area (Å²) in [6, 6.07) is 0. The molecule has 0 fully saturated rings. The zero-order chi connectivity index (χ0) is 21.3. The molecule has 0 aliphatic rings. The minimum absolute atomic E-state index is 0. The molecule has 0 amide bonds. The van der Waals surface area contributed by atoms with Gasteiger partial charge in [-0.1, -0.05) is 0 Å². The monoisotopic (exact) mass is 505 g/mol. The molecule has 0 aliphatic heterocycles. The van der Waals surface area contributed by atoms with Gasteiger partial charge in [-0.3, -0.25) is 0 Å². The van der Waals surface area contributed by atoms with Crippen molar-refractivity contribution in [1.29, 1.82) is 0 Å². The van der Waals surface area contributed by atoms with Gasteiger partial charge in [0.15, 0.2) is 0 Å². The number of rotatable bonds is 10. The van der Waals surface area contributed by atoms with Crippen LogP contribution >= 0.6 is 0 Å². The molecule has 18 nitrogen and oxygen atoms in total. The average Bonchev–Trinajstić information content (AvgIpc) is 2.34. The zero-order valence-corrected chi connectivity index (χ0v) is 18.2. The molecular weight excluding hydrogens is 479 g/mol. The van der Waals surface area contributed by atoms with Gasteiger partial charge in [0.2, 0.25) is 0 Å². The van der Waals surface area contributed by atoms with Gasteiger partial charge in [0, 0.05) is 49.6 Å². The Hall–Kier alpha value is -2.90. The summed E-state index contributed by atoms with van der Waals surface area (Å²) in [6.45, 7) is 0. The van der Waals surface area contributed by atoms with Gasteiger partial charge in [0.25, 0.3) is 0 Å². The van der Waals surface area contributed by atoms with Crippen molar-refractivity contribution in [1.82, 2.24) is 24.6 Å². The van der Waals surface area contributed by atoms with Crippen LogP contribution in [0.15, 0.2) is 0 Å². The van der Waals surface area contributed by atoms with Crippen LogP contribution in [-0.4, -0.2) is 57.2 Å². The summed E-state index contributed by atoms with van der Waals surface area (Å²) < 4.78 is 0. The van der Waals surface area contributed by atoms with Gasteiger partial charge in [-0.25, -0.2) is 0 Å². The molecule has 185 valence electrons. The summed E-state index contributed by atoms with van der Waals surface area (Å²) in [5, 5.41) is 77.9. The number of carbonyl (C=O) groups is 6. The van der Waals surface area contributed by atoms with E-state index in [1.807, 2.05) is 0 Å². The van der Waals surface area contributed by atoms with Crippen LogP contribution in [0.25, 0.3) is 0 Å². The van der Waals surface area contributed by atoms with Gasteiger partial charge in [-0.2, -0.15) is 0 Å². The van der Waals surface area contributed by atoms with Crippen LogP contribution in [-0.2, 0) is 45.8 Å². The topological polar surface area (TPSA) is 427 Å².